The van der Waals surface area contributed by atoms with Gasteiger partial charge in [-0.25, -0.2) is 0 Å². The predicted octanol–water partition coefficient (Wildman–Crippen LogP) is 9.48. The summed E-state index contributed by atoms with van der Waals surface area (Å²) in [5.74, 6) is 0. The second kappa shape index (κ2) is 9.45. The molecule has 1 fully saturated rings. The Labute approximate surface area is 234 Å². The van der Waals surface area contributed by atoms with Crippen LogP contribution in [0.4, 0.5) is 0 Å². The van der Waals surface area contributed by atoms with E-state index in [2.05, 4.69) is 130 Å². The van der Waals surface area contributed by atoms with Crippen LogP contribution in [-0.2, 0) is 6.42 Å². The molecule has 0 N–H and O–H groups in total. The number of allylic oxidation sites excluding steroid dienone is 2. The van der Waals surface area contributed by atoms with E-state index in [1.54, 1.807) is 12.2 Å². The average molecular weight is 508 g/mol. The summed E-state index contributed by atoms with van der Waals surface area (Å²) in [6.45, 7) is 17.1. The standard InChI is InChI=1S/C33H32BN.C4H6/c1-32(2)20-34(21-33(32,3)4)24-13-16-31-29(19-24)28-11-7-8-12-30(28)35(31)25-14-15-27-23(18-25)17-22-9-5-6-10-26(22)27;1-3-4-2/h5-16,18-19H,17,20-21H2,1-4H3;3-4H,1-2H2. The van der Waals surface area contributed by atoms with Crippen molar-refractivity contribution in [1.82, 2.24) is 4.57 Å². The van der Waals surface area contributed by atoms with Crippen molar-refractivity contribution in [3.63, 3.8) is 0 Å². The summed E-state index contributed by atoms with van der Waals surface area (Å²) >= 11 is 0. The zero-order chi connectivity index (χ0) is 27.4. The van der Waals surface area contributed by atoms with E-state index in [1.807, 2.05) is 0 Å². The van der Waals surface area contributed by atoms with Gasteiger partial charge < -0.3 is 4.57 Å². The third-order valence-electron chi connectivity index (χ3n) is 9.72. The van der Waals surface area contributed by atoms with Crippen LogP contribution in [-0.4, -0.2) is 11.3 Å². The molecular formula is C37H38BN. The van der Waals surface area contributed by atoms with Crippen molar-refractivity contribution >= 4 is 34.0 Å². The van der Waals surface area contributed by atoms with Gasteiger partial charge in [-0.05, 0) is 63.8 Å². The van der Waals surface area contributed by atoms with Crippen molar-refractivity contribution in [2.24, 2.45) is 10.8 Å². The summed E-state index contributed by atoms with van der Waals surface area (Å²) in [7, 11) is 0. The summed E-state index contributed by atoms with van der Waals surface area (Å²) in [5, 5.41) is 2.73. The minimum Gasteiger partial charge on any atom is -0.309 e. The van der Waals surface area contributed by atoms with Gasteiger partial charge in [0.25, 0.3) is 0 Å². The van der Waals surface area contributed by atoms with Crippen molar-refractivity contribution in [1.29, 1.82) is 0 Å². The Hall–Kier alpha value is -3.78. The van der Waals surface area contributed by atoms with Crippen molar-refractivity contribution in [3.05, 3.63) is 121 Å². The zero-order valence-electron chi connectivity index (χ0n) is 23.8. The first-order valence-electron chi connectivity index (χ1n) is 14.2. The quantitative estimate of drug-likeness (QED) is 0.166. The van der Waals surface area contributed by atoms with Crippen LogP contribution in [0.15, 0.2) is 110 Å². The lowest BCUT2D eigenvalue weighted by Gasteiger charge is -2.35. The Balaban J connectivity index is 0.000000650. The molecule has 0 unspecified atom stereocenters. The van der Waals surface area contributed by atoms with Crippen LogP contribution < -0.4 is 5.46 Å². The molecule has 2 heteroatoms. The fourth-order valence-electron chi connectivity index (χ4n) is 6.89. The smallest absolute Gasteiger partial charge is 0.177 e. The third-order valence-corrected chi connectivity index (χ3v) is 9.72. The lowest BCUT2D eigenvalue weighted by Crippen LogP contribution is -2.27. The number of hydrogen-bond acceptors (Lipinski definition) is 0. The SMILES string of the molecule is C=CC=C.CC1(C)CB(c2ccc3c(c2)c2ccccc2n3-c2ccc3c(c2)Cc2ccccc2-3)CC1(C)C. The van der Waals surface area contributed by atoms with E-state index >= 15 is 0 Å². The lowest BCUT2D eigenvalue weighted by molar-refractivity contribution is 0.177. The number of rotatable bonds is 3. The molecule has 1 aliphatic heterocycles. The fraction of sp³-hybridized carbons (Fsp3) is 0.243. The minimum atomic E-state index is 0.364. The van der Waals surface area contributed by atoms with Gasteiger partial charge in [-0.1, -0.05) is 132 Å². The summed E-state index contributed by atoms with van der Waals surface area (Å²) in [6, 6.07) is 32.1. The van der Waals surface area contributed by atoms with E-state index in [-0.39, 0.29) is 0 Å². The molecule has 4 aromatic carbocycles. The molecule has 0 atom stereocenters. The molecule has 2 aliphatic rings. The maximum absolute atomic E-state index is 3.36. The monoisotopic (exact) mass is 507 g/mol. The van der Waals surface area contributed by atoms with Gasteiger partial charge in [0.1, 0.15) is 0 Å². The normalized spacial score (nSPS) is 16.5. The van der Waals surface area contributed by atoms with Crippen molar-refractivity contribution in [2.75, 3.05) is 0 Å². The summed E-state index contributed by atoms with van der Waals surface area (Å²) in [4.78, 5) is 0. The Morgan fingerprint density at radius 3 is 2.05 bits per heavy atom. The highest BCUT2D eigenvalue weighted by atomic mass is 15.0. The van der Waals surface area contributed by atoms with Crippen molar-refractivity contribution in [3.8, 4) is 16.8 Å². The minimum absolute atomic E-state index is 0.364. The molecule has 1 aromatic heterocycles. The Morgan fingerprint density at radius 2 is 1.31 bits per heavy atom. The van der Waals surface area contributed by atoms with E-state index in [9.17, 15) is 0 Å². The molecule has 1 saturated heterocycles. The average Bonchev–Trinajstić information content (AvgIpc) is 3.54. The molecule has 0 spiro atoms. The topological polar surface area (TPSA) is 4.93 Å². The van der Waals surface area contributed by atoms with Crippen LogP contribution in [0.1, 0.15) is 38.8 Å². The fourth-order valence-corrected chi connectivity index (χ4v) is 6.89. The molecule has 39 heavy (non-hydrogen) atoms. The third kappa shape index (κ3) is 4.18. The molecular weight excluding hydrogens is 469 g/mol. The number of hydrogen-bond donors (Lipinski definition) is 0. The van der Waals surface area contributed by atoms with Crippen molar-refractivity contribution in [2.45, 2.75) is 46.8 Å². The molecule has 0 radical (unpaired) electrons. The molecule has 194 valence electrons. The van der Waals surface area contributed by atoms with Crippen LogP contribution in [0.3, 0.4) is 0 Å². The van der Waals surface area contributed by atoms with Gasteiger partial charge in [-0.2, -0.15) is 0 Å². The second-order valence-electron chi connectivity index (χ2n) is 12.6. The molecule has 1 aliphatic carbocycles. The molecule has 5 aromatic rings. The maximum atomic E-state index is 3.36. The van der Waals surface area contributed by atoms with Gasteiger partial charge in [0.05, 0.1) is 11.0 Å². The van der Waals surface area contributed by atoms with Crippen LogP contribution in [0.5, 0.6) is 0 Å². The van der Waals surface area contributed by atoms with Gasteiger partial charge in [-0.3, -0.25) is 0 Å². The molecule has 2 heterocycles. The van der Waals surface area contributed by atoms with Crippen LogP contribution in [0, 0.1) is 10.8 Å². The summed E-state index contributed by atoms with van der Waals surface area (Å²) < 4.78 is 2.47. The van der Waals surface area contributed by atoms with Crippen LogP contribution in [0.25, 0.3) is 38.6 Å². The largest absolute Gasteiger partial charge is 0.309 e. The van der Waals surface area contributed by atoms with E-state index < -0.39 is 0 Å². The summed E-state index contributed by atoms with van der Waals surface area (Å²) in [6.07, 6.45) is 6.82. The first-order chi connectivity index (χ1) is 18.7. The lowest BCUT2D eigenvalue weighted by atomic mass is 9.42. The Bertz CT molecular complexity index is 1710. The van der Waals surface area contributed by atoms with E-state index in [4.69, 9.17) is 0 Å². The van der Waals surface area contributed by atoms with E-state index in [0.717, 1.165) is 6.42 Å². The Morgan fingerprint density at radius 1 is 0.667 bits per heavy atom. The molecule has 0 amide bonds. The number of benzene rings is 4. The maximum Gasteiger partial charge on any atom is 0.177 e. The van der Waals surface area contributed by atoms with Gasteiger partial charge >= 0.3 is 0 Å². The predicted molar refractivity (Wildman–Crippen MR) is 172 cm³/mol. The van der Waals surface area contributed by atoms with Gasteiger partial charge in [-0.15, -0.1) is 0 Å². The second-order valence-corrected chi connectivity index (χ2v) is 12.6. The zero-order valence-corrected chi connectivity index (χ0v) is 23.8. The van der Waals surface area contributed by atoms with Gasteiger partial charge in [0, 0.05) is 16.5 Å². The highest BCUT2D eigenvalue weighted by molar-refractivity contribution is 6.74. The number of fused-ring (bicyclic) bond motifs is 6. The van der Waals surface area contributed by atoms with Crippen LogP contribution >= 0.6 is 0 Å². The van der Waals surface area contributed by atoms with E-state index in [1.165, 1.54) is 67.9 Å². The van der Waals surface area contributed by atoms with E-state index in [0.29, 0.717) is 17.5 Å². The number of aromatic nitrogens is 1. The van der Waals surface area contributed by atoms with Gasteiger partial charge in [0.15, 0.2) is 6.71 Å². The highest BCUT2D eigenvalue weighted by Crippen LogP contribution is 2.52. The first kappa shape index (κ1) is 25.5. The number of nitrogens with zero attached hydrogens (tertiary/aromatic N) is 1. The molecule has 0 saturated carbocycles. The van der Waals surface area contributed by atoms with Gasteiger partial charge in [0.2, 0.25) is 0 Å². The summed E-state index contributed by atoms with van der Waals surface area (Å²) in [5.41, 5.74) is 11.7. The van der Waals surface area contributed by atoms with Crippen molar-refractivity contribution < 1.29 is 0 Å². The number of para-hydroxylation sites is 1. The van der Waals surface area contributed by atoms with Crippen LogP contribution in [0.2, 0.25) is 12.6 Å². The highest BCUT2D eigenvalue weighted by Gasteiger charge is 2.48. The first-order valence-corrected chi connectivity index (χ1v) is 14.2. The molecule has 7 rings (SSSR count). The molecule has 0 bridgehead atoms. The molecule has 1 nitrogen and oxygen atoms in total. The Kier molecular flexibility index (Phi) is 6.18.